The van der Waals surface area contributed by atoms with Crippen LogP contribution in [0.2, 0.25) is 0 Å². The fourth-order valence-electron chi connectivity index (χ4n) is 3.40. The molecule has 30 heavy (non-hydrogen) atoms. The van der Waals surface area contributed by atoms with E-state index in [1.54, 1.807) is 18.3 Å². The van der Waals surface area contributed by atoms with Crippen molar-refractivity contribution in [1.82, 2.24) is 14.9 Å². The van der Waals surface area contributed by atoms with Crippen LogP contribution in [0.1, 0.15) is 22.5 Å². The van der Waals surface area contributed by atoms with Gasteiger partial charge >= 0.3 is 0 Å². The summed E-state index contributed by atoms with van der Waals surface area (Å²) >= 11 is 0. The van der Waals surface area contributed by atoms with Crippen LogP contribution in [0.3, 0.4) is 0 Å². The summed E-state index contributed by atoms with van der Waals surface area (Å²) in [6.07, 6.45) is 4.69. The molecule has 1 heterocycles. The Labute approximate surface area is 177 Å². The summed E-state index contributed by atoms with van der Waals surface area (Å²) in [6.45, 7) is 5.69. The van der Waals surface area contributed by atoms with E-state index in [0.717, 1.165) is 38.8 Å². The minimum Gasteiger partial charge on any atom is -0.350 e. The maximum Gasteiger partial charge on any atom is 0.241 e. The predicted octanol–water partition coefficient (Wildman–Crippen LogP) is 2.88. The van der Waals surface area contributed by atoms with E-state index in [2.05, 4.69) is 10.3 Å². The number of aromatic nitrogens is 2. The number of nitrogens with one attached hydrogen (secondary N) is 1. The maximum absolute atomic E-state index is 12.6. The van der Waals surface area contributed by atoms with Crippen LogP contribution in [-0.2, 0) is 21.4 Å². The average molecular weight is 427 g/mol. The molecule has 0 bridgehead atoms. The van der Waals surface area contributed by atoms with Crippen LogP contribution in [0.5, 0.6) is 0 Å². The first-order valence-electron chi connectivity index (χ1n) is 9.56. The number of anilines is 1. The molecule has 7 nitrogen and oxygen atoms in total. The van der Waals surface area contributed by atoms with Crippen molar-refractivity contribution in [1.29, 1.82) is 0 Å². The normalized spacial score (nSPS) is 11.3. The number of hydrogen-bond acceptors (Lipinski definition) is 4. The number of hydrogen-bond donors (Lipinski definition) is 1. The van der Waals surface area contributed by atoms with Crippen LogP contribution >= 0.6 is 0 Å². The lowest BCUT2D eigenvalue weighted by Crippen LogP contribution is -2.40. The summed E-state index contributed by atoms with van der Waals surface area (Å²) in [7, 11) is -3.62. The molecule has 1 aromatic heterocycles. The molecule has 0 atom stereocenters. The van der Waals surface area contributed by atoms with Gasteiger partial charge in [0.1, 0.15) is 12.4 Å². The minimum atomic E-state index is -3.62. The van der Waals surface area contributed by atoms with E-state index in [-0.39, 0.29) is 19.0 Å². The Bertz CT molecular complexity index is 1150. The Hall–Kier alpha value is -3.13. The zero-order valence-electron chi connectivity index (χ0n) is 17.6. The molecular weight excluding hydrogens is 400 g/mol. The number of carbonyl (C=O) groups excluding carboxylic acids is 1. The molecule has 0 aliphatic rings. The highest BCUT2D eigenvalue weighted by atomic mass is 32.2. The SMILES string of the molecule is Cc1cc(C)cc(N(CC(=O)NCc2ccccc2-n2ccnc2C)S(C)(=O)=O)c1. The van der Waals surface area contributed by atoms with Crippen molar-refractivity contribution in [3.63, 3.8) is 0 Å². The molecule has 0 saturated carbocycles. The van der Waals surface area contributed by atoms with Crippen LogP contribution in [0.15, 0.2) is 54.9 Å². The Morgan fingerprint density at radius 3 is 2.37 bits per heavy atom. The van der Waals surface area contributed by atoms with Crippen LogP contribution < -0.4 is 9.62 Å². The number of carbonyl (C=O) groups is 1. The Balaban J connectivity index is 1.77. The van der Waals surface area contributed by atoms with Crippen LogP contribution in [0.4, 0.5) is 5.69 Å². The summed E-state index contributed by atoms with van der Waals surface area (Å²) < 4.78 is 27.8. The number of nitrogens with zero attached hydrogens (tertiary/aromatic N) is 3. The third-order valence-electron chi connectivity index (χ3n) is 4.73. The number of rotatable bonds is 7. The van der Waals surface area contributed by atoms with E-state index in [1.807, 2.05) is 61.9 Å². The van der Waals surface area contributed by atoms with E-state index < -0.39 is 10.0 Å². The molecule has 1 N–H and O–H groups in total. The predicted molar refractivity (Wildman–Crippen MR) is 118 cm³/mol. The van der Waals surface area contributed by atoms with Crippen molar-refractivity contribution in [3.8, 4) is 5.69 Å². The van der Waals surface area contributed by atoms with Crippen molar-refractivity contribution in [2.45, 2.75) is 27.3 Å². The van der Waals surface area contributed by atoms with Gasteiger partial charge < -0.3 is 9.88 Å². The lowest BCUT2D eigenvalue weighted by Gasteiger charge is -2.23. The molecule has 8 heteroatoms. The molecule has 0 fully saturated rings. The molecule has 3 rings (SSSR count). The average Bonchev–Trinajstić information content (AvgIpc) is 3.08. The Morgan fingerprint density at radius 2 is 1.77 bits per heavy atom. The number of sulfonamides is 1. The number of amides is 1. The monoisotopic (exact) mass is 426 g/mol. The highest BCUT2D eigenvalue weighted by Crippen LogP contribution is 2.21. The van der Waals surface area contributed by atoms with E-state index in [0.29, 0.717) is 5.69 Å². The molecule has 1 amide bonds. The summed E-state index contributed by atoms with van der Waals surface area (Å²) in [4.78, 5) is 16.9. The molecule has 3 aromatic rings. The molecular formula is C22H26N4O3S. The highest BCUT2D eigenvalue weighted by molar-refractivity contribution is 7.92. The Kier molecular flexibility index (Phi) is 6.26. The molecule has 0 aliphatic carbocycles. The summed E-state index contributed by atoms with van der Waals surface area (Å²) in [5.41, 5.74) is 4.18. The Morgan fingerprint density at radius 1 is 1.10 bits per heavy atom. The van der Waals surface area contributed by atoms with Crippen molar-refractivity contribution >= 4 is 21.6 Å². The lowest BCUT2D eigenvalue weighted by atomic mass is 10.1. The van der Waals surface area contributed by atoms with E-state index in [9.17, 15) is 13.2 Å². The van der Waals surface area contributed by atoms with Crippen molar-refractivity contribution in [3.05, 3.63) is 77.4 Å². The summed E-state index contributed by atoms with van der Waals surface area (Å²) in [5.74, 6) is 0.462. The molecule has 0 saturated heterocycles. The van der Waals surface area contributed by atoms with Crippen LogP contribution in [0.25, 0.3) is 5.69 Å². The molecule has 2 aromatic carbocycles. The van der Waals surface area contributed by atoms with Gasteiger partial charge in [0, 0.05) is 18.9 Å². The zero-order chi connectivity index (χ0) is 21.9. The smallest absolute Gasteiger partial charge is 0.241 e. The third kappa shape index (κ3) is 5.07. The number of para-hydroxylation sites is 1. The molecule has 158 valence electrons. The molecule has 0 radical (unpaired) electrons. The van der Waals surface area contributed by atoms with Gasteiger partial charge in [0.05, 0.1) is 17.6 Å². The van der Waals surface area contributed by atoms with Gasteiger partial charge in [-0.3, -0.25) is 9.10 Å². The quantitative estimate of drug-likeness (QED) is 0.630. The molecule has 0 unspecified atom stereocenters. The molecule has 0 spiro atoms. The minimum absolute atomic E-state index is 0.275. The van der Waals surface area contributed by atoms with Crippen LogP contribution in [-0.4, -0.2) is 36.7 Å². The van der Waals surface area contributed by atoms with Gasteiger partial charge in [-0.25, -0.2) is 13.4 Å². The van der Waals surface area contributed by atoms with Gasteiger partial charge in [0.2, 0.25) is 15.9 Å². The van der Waals surface area contributed by atoms with Gasteiger partial charge in [-0.1, -0.05) is 24.3 Å². The first kappa shape index (κ1) is 21.6. The highest BCUT2D eigenvalue weighted by Gasteiger charge is 2.21. The lowest BCUT2D eigenvalue weighted by molar-refractivity contribution is -0.119. The largest absolute Gasteiger partial charge is 0.350 e. The van der Waals surface area contributed by atoms with Gasteiger partial charge in [-0.15, -0.1) is 0 Å². The summed E-state index contributed by atoms with van der Waals surface area (Å²) in [6, 6.07) is 13.2. The zero-order valence-corrected chi connectivity index (χ0v) is 18.4. The fraction of sp³-hybridized carbons (Fsp3) is 0.273. The van der Waals surface area contributed by atoms with Gasteiger partial charge in [0.25, 0.3) is 0 Å². The first-order chi connectivity index (χ1) is 14.1. The van der Waals surface area contributed by atoms with E-state index in [1.165, 1.54) is 0 Å². The molecule has 0 aliphatic heterocycles. The summed E-state index contributed by atoms with van der Waals surface area (Å²) in [5, 5.41) is 2.84. The van der Waals surface area contributed by atoms with E-state index >= 15 is 0 Å². The second-order valence-electron chi connectivity index (χ2n) is 7.37. The second-order valence-corrected chi connectivity index (χ2v) is 9.27. The standard InChI is InChI=1S/C22H26N4O3S/c1-16-11-17(2)13-20(12-16)26(30(4,28)29)15-22(27)24-14-19-7-5-6-8-21(19)25-10-9-23-18(25)3/h5-13H,14-15H2,1-4H3,(H,24,27). The number of aryl methyl sites for hydroxylation is 3. The van der Waals surface area contributed by atoms with Crippen molar-refractivity contribution in [2.75, 3.05) is 17.1 Å². The topological polar surface area (TPSA) is 84.3 Å². The van der Waals surface area contributed by atoms with Crippen molar-refractivity contribution < 1.29 is 13.2 Å². The van der Waals surface area contributed by atoms with Gasteiger partial charge in [-0.2, -0.15) is 0 Å². The van der Waals surface area contributed by atoms with Gasteiger partial charge in [0.15, 0.2) is 0 Å². The van der Waals surface area contributed by atoms with Crippen LogP contribution in [0, 0.1) is 20.8 Å². The van der Waals surface area contributed by atoms with Gasteiger partial charge in [-0.05, 0) is 55.7 Å². The maximum atomic E-state index is 12.6. The third-order valence-corrected chi connectivity index (χ3v) is 5.88. The number of imidazole rings is 1. The van der Waals surface area contributed by atoms with E-state index in [4.69, 9.17) is 0 Å². The second kappa shape index (κ2) is 8.71. The first-order valence-corrected chi connectivity index (χ1v) is 11.4. The fourth-order valence-corrected chi connectivity index (χ4v) is 4.24. The van der Waals surface area contributed by atoms with Crippen molar-refractivity contribution in [2.24, 2.45) is 0 Å². The number of benzene rings is 2.